The molecule has 3 aliphatic rings. The normalized spacial score (nSPS) is 24.4. The molecule has 0 saturated carbocycles. The molecule has 186 valence electrons. The molecule has 4 rings (SSSR count). The Bertz CT molecular complexity index is 1220. The van der Waals surface area contributed by atoms with Crippen LogP contribution in [0.25, 0.3) is 0 Å². The Labute approximate surface area is 200 Å². The third-order valence-corrected chi connectivity index (χ3v) is 9.57. The van der Waals surface area contributed by atoms with Crippen LogP contribution in [0.15, 0.2) is 40.9 Å². The molecule has 0 radical (unpaired) electrons. The third-order valence-electron chi connectivity index (χ3n) is 6.66. The molecule has 3 heterocycles. The number of carbonyl (C=O) groups excluding carboxylic acids is 2. The van der Waals surface area contributed by atoms with Crippen LogP contribution >= 0.6 is 0 Å². The Morgan fingerprint density at radius 1 is 1.03 bits per heavy atom. The number of sulfonamides is 2. The zero-order chi connectivity index (χ0) is 24.8. The summed E-state index contributed by atoms with van der Waals surface area (Å²) >= 11 is 0. The molecule has 2 atom stereocenters. The van der Waals surface area contributed by atoms with Gasteiger partial charge in [-0.2, -0.15) is 4.31 Å². The molecule has 0 bridgehead atoms. The average Bonchev–Trinajstić information content (AvgIpc) is 3.32. The summed E-state index contributed by atoms with van der Waals surface area (Å²) in [5, 5.41) is 0. The molecule has 0 N–H and O–H groups in total. The number of fused-ring (bicyclic) bond motifs is 1. The molecule has 0 spiro atoms. The Kier molecular flexibility index (Phi) is 6.62. The fourth-order valence-corrected chi connectivity index (χ4v) is 7.48. The lowest BCUT2D eigenvalue weighted by molar-refractivity contribution is -0.127. The van der Waals surface area contributed by atoms with Gasteiger partial charge in [0.15, 0.2) is 0 Å². The van der Waals surface area contributed by atoms with Gasteiger partial charge in [0.1, 0.15) is 0 Å². The minimum Gasteiger partial charge on any atom is -0.336 e. The number of nitrogens with zero attached hydrogens (tertiary/aromatic N) is 4. The number of likely N-dealkylation sites (N-methyl/N-ethyl adjacent to an activating group) is 1. The molecule has 0 unspecified atom stereocenters. The monoisotopic (exact) mass is 510 g/mol. The second-order valence-corrected chi connectivity index (χ2v) is 12.8. The highest BCUT2D eigenvalue weighted by molar-refractivity contribution is 7.89. The second kappa shape index (κ2) is 9.06. The van der Waals surface area contributed by atoms with E-state index < -0.39 is 37.9 Å². The van der Waals surface area contributed by atoms with E-state index in [1.165, 1.54) is 34.6 Å². The Balaban J connectivity index is 1.59. The fraction of sp³-hybridized carbons (Fsp3) is 0.545. The molecule has 2 fully saturated rings. The van der Waals surface area contributed by atoms with Gasteiger partial charge in [0, 0.05) is 38.3 Å². The first-order valence-corrected chi connectivity index (χ1v) is 14.6. The van der Waals surface area contributed by atoms with Gasteiger partial charge in [-0.25, -0.2) is 21.1 Å². The lowest BCUT2D eigenvalue weighted by atomic mass is 9.97. The molecule has 1 aromatic rings. The Morgan fingerprint density at radius 3 is 2.21 bits per heavy atom. The van der Waals surface area contributed by atoms with Crippen molar-refractivity contribution in [3.63, 3.8) is 0 Å². The van der Waals surface area contributed by atoms with Crippen LogP contribution < -0.4 is 0 Å². The maximum absolute atomic E-state index is 13.5. The van der Waals surface area contributed by atoms with Gasteiger partial charge in [0.05, 0.1) is 28.8 Å². The van der Waals surface area contributed by atoms with E-state index in [9.17, 15) is 26.4 Å². The molecular weight excluding hydrogens is 480 g/mol. The molecule has 3 aliphatic heterocycles. The Morgan fingerprint density at radius 2 is 1.65 bits per heavy atom. The molecule has 12 heteroatoms. The summed E-state index contributed by atoms with van der Waals surface area (Å²) in [6, 6.07) is 4.94. The largest absolute Gasteiger partial charge is 0.336 e. The van der Waals surface area contributed by atoms with Crippen molar-refractivity contribution in [3.05, 3.63) is 41.6 Å². The molecule has 1 aromatic carbocycles. The smallest absolute Gasteiger partial charge is 0.253 e. The van der Waals surface area contributed by atoms with Crippen molar-refractivity contribution < 1.29 is 26.4 Å². The van der Waals surface area contributed by atoms with E-state index >= 15 is 0 Å². The third kappa shape index (κ3) is 4.28. The minimum absolute atomic E-state index is 0.00224. The Hall–Kier alpha value is -2.28. The number of rotatable bonds is 6. The van der Waals surface area contributed by atoms with E-state index in [0.717, 1.165) is 23.7 Å². The van der Waals surface area contributed by atoms with Gasteiger partial charge in [0.2, 0.25) is 26.0 Å². The first kappa shape index (κ1) is 24.8. The van der Waals surface area contributed by atoms with Crippen molar-refractivity contribution in [2.75, 3.05) is 46.0 Å². The molecular formula is C22H30N4O6S2. The summed E-state index contributed by atoms with van der Waals surface area (Å²) in [5.41, 5.74) is 0.614. The number of carbonyl (C=O) groups is 2. The van der Waals surface area contributed by atoms with Gasteiger partial charge >= 0.3 is 0 Å². The van der Waals surface area contributed by atoms with E-state index in [0.29, 0.717) is 31.5 Å². The molecule has 0 aromatic heterocycles. The molecule has 10 nitrogen and oxygen atoms in total. The summed E-state index contributed by atoms with van der Waals surface area (Å²) in [4.78, 5) is 29.6. The maximum atomic E-state index is 13.5. The van der Waals surface area contributed by atoms with Gasteiger partial charge in [-0.15, -0.1) is 0 Å². The number of hydrogen-bond donors (Lipinski definition) is 0. The lowest BCUT2D eigenvalue weighted by Gasteiger charge is -2.32. The van der Waals surface area contributed by atoms with Gasteiger partial charge in [0.25, 0.3) is 5.91 Å². The summed E-state index contributed by atoms with van der Waals surface area (Å²) < 4.78 is 53.5. The van der Waals surface area contributed by atoms with E-state index in [1.807, 2.05) is 14.0 Å². The van der Waals surface area contributed by atoms with Crippen molar-refractivity contribution >= 4 is 31.9 Å². The zero-order valence-corrected chi connectivity index (χ0v) is 21.2. The first-order chi connectivity index (χ1) is 16.0. The summed E-state index contributed by atoms with van der Waals surface area (Å²) in [6.07, 6.45) is 3.43. The zero-order valence-electron chi connectivity index (χ0n) is 19.5. The van der Waals surface area contributed by atoms with E-state index in [-0.39, 0.29) is 23.0 Å². The van der Waals surface area contributed by atoms with Crippen LogP contribution in [0, 0.1) is 5.92 Å². The predicted octanol–water partition coefficient (Wildman–Crippen LogP) is 0.549. The molecule has 2 amide bonds. The van der Waals surface area contributed by atoms with Gasteiger partial charge in [-0.1, -0.05) is 13.3 Å². The number of benzene rings is 1. The lowest BCUT2D eigenvalue weighted by Crippen LogP contribution is -2.47. The van der Waals surface area contributed by atoms with Crippen molar-refractivity contribution in [3.8, 4) is 0 Å². The highest BCUT2D eigenvalue weighted by Crippen LogP contribution is 2.42. The topological polar surface area (TPSA) is 115 Å². The summed E-state index contributed by atoms with van der Waals surface area (Å²) in [6.45, 7) is 4.64. The molecule has 34 heavy (non-hydrogen) atoms. The predicted molar refractivity (Wildman–Crippen MR) is 126 cm³/mol. The highest BCUT2D eigenvalue weighted by Gasteiger charge is 2.55. The quantitative estimate of drug-likeness (QED) is 0.549. The number of amides is 2. The van der Waals surface area contributed by atoms with E-state index in [1.54, 1.807) is 4.90 Å². The van der Waals surface area contributed by atoms with Crippen LogP contribution in [-0.2, 0) is 24.8 Å². The van der Waals surface area contributed by atoms with Crippen LogP contribution in [-0.4, -0.2) is 99.1 Å². The second-order valence-electron chi connectivity index (χ2n) is 9.03. The fourth-order valence-electron chi connectivity index (χ4n) is 4.88. The van der Waals surface area contributed by atoms with Gasteiger partial charge < -0.3 is 9.80 Å². The van der Waals surface area contributed by atoms with Gasteiger partial charge in [-0.3, -0.25) is 9.59 Å². The van der Waals surface area contributed by atoms with Crippen molar-refractivity contribution in [1.29, 1.82) is 0 Å². The summed E-state index contributed by atoms with van der Waals surface area (Å²) in [5.74, 6) is -1.50. The number of hydrogen-bond acceptors (Lipinski definition) is 7. The molecule has 0 aliphatic carbocycles. The summed E-state index contributed by atoms with van der Waals surface area (Å²) in [7, 11) is -5.91. The first-order valence-electron chi connectivity index (χ1n) is 11.3. The van der Waals surface area contributed by atoms with Crippen molar-refractivity contribution in [2.24, 2.45) is 5.92 Å². The van der Waals surface area contributed by atoms with E-state index in [4.69, 9.17) is 0 Å². The van der Waals surface area contributed by atoms with Crippen molar-refractivity contribution in [1.82, 2.24) is 18.4 Å². The van der Waals surface area contributed by atoms with Gasteiger partial charge in [-0.05, 0) is 43.8 Å². The van der Waals surface area contributed by atoms with Crippen molar-refractivity contribution in [2.45, 2.75) is 30.7 Å². The highest BCUT2D eigenvalue weighted by atomic mass is 32.2. The van der Waals surface area contributed by atoms with E-state index in [2.05, 4.69) is 4.90 Å². The SMILES string of the molecule is CCC[C@H]1C(=O)N(S(C)(=O)=O)C2=CCN(S(=O)(=O)c3ccc(C(=O)N4CCN(C)CC4)cc3)[C@@H]21. The van der Waals surface area contributed by atoms with Crippen LogP contribution in [0.1, 0.15) is 30.1 Å². The number of piperazine rings is 1. The van der Waals surface area contributed by atoms with Crippen LogP contribution in [0.3, 0.4) is 0 Å². The van der Waals surface area contributed by atoms with Crippen LogP contribution in [0.5, 0.6) is 0 Å². The standard InChI is InChI=1S/C22H30N4O6S2/c1-4-5-18-20-19(26(22(18)28)33(3,29)30)10-11-25(20)34(31,32)17-8-6-16(7-9-17)21(27)24-14-12-23(2)13-15-24/h6-10,18,20H,4-5,11-15H2,1-3H3/t18-,20-/m1/s1. The maximum Gasteiger partial charge on any atom is 0.253 e. The molecule has 2 saturated heterocycles. The van der Waals surface area contributed by atoms with Crippen LogP contribution in [0.4, 0.5) is 0 Å². The minimum atomic E-state index is -4.04. The van der Waals surface area contributed by atoms with Crippen LogP contribution in [0.2, 0.25) is 0 Å². The average molecular weight is 511 g/mol.